The lowest BCUT2D eigenvalue weighted by molar-refractivity contribution is -0.155. The summed E-state index contributed by atoms with van der Waals surface area (Å²) in [6.45, 7) is 0.357. The first-order valence-electron chi connectivity index (χ1n) is 13.3. The average molecular weight is 520 g/mol. The van der Waals surface area contributed by atoms with Gasteiger partial charge in [-0.1, -0.05) is 91.0 Å². The van der Waals surface area contributed by atoms with E-state index in [0.717, 1.165) is 31.3 Å². The first kappa shape index (κ1) is 27.1. The van der Waals surface area contributed by atoms with Gasteiger partial charge in [-0.15, -0.1) is 0 Å². The molecule has 2 aliphatic rings. The second-order valence-corrected chi connectivity index (χ2v) is 11.7. The lowest BCUT2D eigenvalue weighted by atomic mass is 10.0. The Morgan fingerprint density at radius 2 is 1.57 bits per heavy atom. The molecule has 0 N–H and O–H groups in total. The first-order valence-corrected chi connectivity index (χ1v) is 14.9. The third-order valence-electron chi connectivity index (χ3n) is 6.98. The molecule has 0 spiro atoms. The van der Waals surface area contributed by atoms with Gasteiger partial charge in [0.25, 0.3) is 0 Å². The van der Waals surface area contributed by atoms with E-state index in [9.17, 15) is 13.2 Å². The zero-order valence-corrected chi connectivity index (χ0v) is 22.2. The maximum atomic E-state index is 13.5. The highest BCUT2D eigenvalue weighted by molar-refractivity contribution is 7.89. The van der Waals surface area contributed by atoms with Gasteiger partial charge in [0.2, 0.25) is 10.0 Å². The van der Waals surface area contributed by atoms with Crippen LogP contribution in [0.4, 0.5) is 0 Å². The van der Waals surface area contributed by atoms with Crippen molar-refractivity contribution in [2.24, 2.45) is 0 Å². The van der Waals surface area contributed by atoms with E-state index in [1.807, 2.05) is 66.8 Å². The zero-order chi connectivity index (χ0) is 25.9. The van der Waals surface area contributed by atoms with Gasteiger partial charge in [0, 0.05) is 6.54 Å². The second-order valence-electron chi connectivity index (χ2n) is 9.79. The molecule has 1 fully saturated rings. The molecule has 37 heavy (non-hydrogen) atoms. The predicted molar refractivity (Wildman–Crippen MR) is 149 cm³/mol. The Labute approximate surface area is 221 Å². The van der Waals surface area contributed by atoms with Crippen LogP contribution in [0.25, 0.3) is 0 Å². The summed E-state index contributed by atoms with van der Waals surface area (Å²) in [6.07, 6.45) is 15.0. The number of nitrogens with zero attached hydrogens (tertiary/aromatic N) is 1. The number of hydrogen-bond donors (Lipinski definition) is 0. The second kappa shape index (κ2) is 13.5. The molecule has 1 atom stereocenters. The largest absolute Gasteiger partial charge is 0.461 e. The number of carbonyl (C=O) groups is 1. The summed E-state index contributed by atoms with van der Waals surface area (Å²) in [5.74, 6) is -0.512. The molecule has 0 bridgehead atoms. The topological polar surface area (TPSA) is 63.7 Å². The van der Waals surface area contributed by atoms with Crippen molar-refractivity contribution < 1.29 is 17.9 Å². The summed E-state index contributed by atoms with van der Waals surface area (Å²) in [7, 11) is -3.65. The Morgan fingerprint density at radius 1 is 0.919 bits per heavy atom. The maximum absolute atomic E-state index is 13.5. The molecule has 0 saturated carbocycles. The zero-order valence-electron chi connectivity index (χ0n) is 21.4. The molecule has 196 valence electrons. The van der Waals surface area contributed by atoms with E-state index < -0.39 is 22.0 Å². The predicted octanol–water partition coefficient (Wildman–Crippen LogP) is 5.79. The van der Waals surface area contributed by atoms with Crippen molar-refractivity contribution in [3.05, 3.63) is 108 Å². The van der Waals surface area contributed by atoms with Crippen LogP contribution < -0.4 is 0 Å². The minimum atomic E-state index is -3.65. The van der Waals surface area contributed by atoms with Crippen molar-refractivity contribution in [2.75, 3.05) is 12.3 Å². The number of benzene rings is 2. The number of aryl methyl sites for hydroxylation is 2. The van der Waals surface area contributed by atoms with E-state index in [2.05, 4.69) is 24.3 Å². The minimum Gasteiger partial charge on any atom is -0.461 e. The van der Waals surface area contributed by atoms with Crippen LogP contribution in [0.15, 0.2) is 96.6 Å². The lowest BCUT2D eigenvalue weighted by Gasteiger charge is -2.34. The number of hydrogen-bond acceptors (Lipinski definition) is 4. The van der Waals surface area contributed by atoms with E-state index >= 15 is 0 Å². The van der Waals surface area contributed by atoms with Gasteiger partial charge < -0.3 is 4.74 Å². The van der Waals surface area contributed by atoms with Crippen molar-refractivity contribution in [1.29, 1.82) is 0 Å². The van der Waals surface area contributed by atoms with Crippen molar-refractivity contribution in [3.8, 4) is 0 Å². The van der Waals surface area contributed by atoms with E-state index in [1.165, 1.54) is 15.4 Å². The Kier molecular flexibility index (Phi) is 9.92. The first-order chi connectivity index (χ1) is 18.0. The molecule has 1 saturated heterocycles. The summed E-state index contributed by atoms with van der Waals surface area (Å²) < 4.78 is 34.3. The standard InChI is InChI=1S/C31H37NO4S/c33-31(30-19-11-12-24-32(30)37(34,35)25-28-17-5-1-2-6-18-28)36-29(22-20-26-13-7-3-8-14-26)23-21-27-15-9-4-10-16-27/h1-5,7-10,13-18,29-30H,6,11-12,19-25H2. The third-order valence-corrected chi connectivity index (χ3v) is 8.83. The highest BCUT2D eigenvalue weighted by Crippen LogP contribution is 2.25. The van der Waals surface area contributed by atoms with Gasteiger partial charge in [-0.2, -0.15) is 4.31 Å². The summed E-state index contributed by atoms with van der Waals surface area (Å²) in [6, 6.07) is 19.6. The summed E-state index contributed by atoms with van der Waals surface area (Å²) in [5.41, 5.74) is 3.15. The number of allylic oxidation sites excluding steroid dienone is 5. The molecule has 1 aliphatic carbocycles. The number of piperidine rings is 1. The van der Waals surface area contributed by atoms with Crippen LogP contribution in [-0.4, -0.2) is 43.1 Å². The molecular formula is C31H37NO4S. The number of carbonyl (C=O) groups excluding carboxylic acids is 1. The summed E-state index contributed by atoms with van der Waals surface area (Å²) >= 11 is 0. The Hall–Kier alpha value is -2.96. The Balaban J connectivity index is 1.44. The number of esters is 1. The van der Waals surface area contributed by atoms with Crippen LogP contribution in [0, 0.1) is 0 Å². The van der Waals surface area contributed by atoms with Gasteiger partial charge in [0.05, 0.1) is 5.75 Å². The fourth-order valence-corrected chi connectivity index (χ4v) is 6.74. The van der Waals surface area contributed by atoms with Crippen molar-refractivity contribution in [2.45, 2.75) is 63.5 Å². The molecular weight excluding hydrogens is 482 g/mol. The molecule has 2 aromatic carbocycles. The quantitative estimate of drug-likeness (QED) is 0.353. The number of rotatable bonds is 11. The molecule has 4 rings (SSSR count). The van der Waals surface area contributed by atoms with E-state index in [-0.39, 0.29) is 11.9 Å². The molecule has 1 aliphatic heterocycles. The molecule has 0 radical (unpaired) electrons. The van der Waals surface area contributed by atoms with Gasteiger partial charge in [0.15, 0.2) is 0 Å². The van der Waals surface area contributed by atoms with Gasteiger partial charge in [-0.25, -0.2) is 8.42 Å². The molecule has 0 amide bonds. The van der Waals surface area contributed by atoms with E-state index in [0.29, 0.717) is 32.2 Å². The average Bonchev–Trinajstić information content (AvgIpc) is 3.19. The lowest BCUT2D eigenvalue weighted by Crippen LogP contribution is -2.50. The number of ether oxygens (including phenoxy) is 1. The fourth-order valence-electron chi connectivity index (χ4n) is 4.95. The SMILES string of the molecule is O=C(OC(CCc1ccccc1)CCc1ccccc1)C1CCCCN1S(=O)(=O)CC1=CCC=CC=C1. The molecule has 6 heteroatoms. The number of sulfonamides is 1. The highest BCUT2D eigenvalue weighted by atomic mass is 32.2. The van der Waals surface area contributed by atoms with Crippen LogP contribution in [0.2, 0.25) is 0 Å². The summed E-state index contributed by atoms with van der Waals surface area (Å²) in [4.78, 5) is 13.5. The smallest absolute Gasteiger partial charge is 0.324 e. The van der Waals surface area contributed by atoms with Gasteiger partial charge in [-0.05, 0) is 68.1 Å². The molecule has 0 aromatic heterocycles. The Bertz CT molecular complexity index is 1160. The van der Waals surface area contributed by atoms with E-state index in [1.54, 1.807) is 0 Å². The normalized spacial score (nSPS) is 18.4. The van der Waals surface area contributed by atoms with Crippen molar-refractivity contribution in [3.63, 3.8) is 0 Å². The molecule has 5 nitrogen and oxygen atoms in total. The maximum Gasteiger partial charge on any atom is 0.324 e. The fraction of sp³-hybridized carbons (Fsp3) is 0.387. The van der Waals surface area contributed by atoms with Gasteiger partial charge in [-0.3, -0.25) is 4.79 Å². The van der Waals surface area contributed by atoms with Gasteiger partial charge in [0.1, 0.15) is 12.1 Å². The van der Waals surface area contributed by atoms with Gasteiger partial charge >= 0.3 is 5.97 Å². The summed E-state index contributed by atoms with van der Waals surface area (Å²) in [5, 5.41) is 0. The third kappa shape index (κ3) is 8.27. The molecule has 2 aromatic rings. The van der Waals surface area contributed by atoms with Crippen LogP contribution in [0.3, 0.4) is 0 Å². The van der Waals surface area contributed by atoms with Crippen LogP contribution >= 0.6 is 0 Å². The highest BCUT2D eigenvalue weighted by Gasteiger charge is 2.38. The van der Waals surface area contributed by atoms with Crippen molar-refractivity contribution >= 4 is 16.0 Å². The molecule has 1 heterocycles. The molecule has 1 unspecified atom stereocenters. The van der Waals surface area contributed by atoms with Crippen molar-refractivity contribution in [1.82, 2.24) is 4.31 Å². The van der Waals surface area contributed by atoms with Crippen LogP contribution in [0.5, 0.6) is 0 Å². The van der Waals surface area contributed by atoms with Crippen LogP contribution in [0.1, 0.15) is 49.7 Å². The van der Waals surface area contributed by atoms with Crippen LogP contribution in [-0.2, 0) is 32.4 Å². The Morgan fingerprint density at radius 3 is 2.22 bits per heavy atom. The minimum absolute atomic E-state index is 0.0968. The van der Waals surface area contributed by atoms with E-state index in [4.69, 9.17) is 4.74 Å². The monoisotopic (exact) mass is 519 g/mol.